The molecule has 0 saturated heterocycles. The average molecular weight is 300 g/mol. The predicted molar refractivity (Wildman–Crippen MR) is 90.4 cm³/mol. The van der Waals surface area contributed by atoms with Crippen molar-refractivity contribution in [1.82, 2.24) is 4.90 Å². The Hall–Kier alpha value is -1.16. The van der Waals surface area contributed by atoms with Gasteiger partial charge >= 0.3 is 0 Å². The third-order valence-corrected chi connectivity index (χ3v) is 4.95. The molecule has 0 aliphatic heterocycles. The summed E-state index contributed by atoms with van der Waals surface area (Å²) >= 11 is 1.79. The Morgan fingerprint density at radius 3 is 2.67 bits per heavy atom. The van der Waals surface area contributed by atoms with E-state index >= 15 is 0 Å². The number of nitrogens with zero attached hydrogens (tertiary/aromatic N) is 1. The number of hydrogen-bond donors (Lipinski definition) is 1. The third kappa shape index (κ3) is 4.40. The smallest absolute Gasteiger partial charge is 0.0295 e. The molecule has 1 fully saturated rings. The molecule has 112 valence electrons. The van der Waals surface area contributed by atoms with E-state index in [-0.39, 0.29) is 6.04 Å². The van der Waals surface area contributed by atoms with Crippen LogP contribution in [0.25, 0.3) is 0 Å². The number of hydrogen-bond acceptors (Lipinski definition) is 3. The zero-order valence-electron chi connectivity index (χ0n) is 12.4. The molecule has 0 amide bonds. The molecule has 2 aromatic rings. The van der Waals surface area contributed by atoms with Crippen LogP contribution in [0.1, 0.15) is 42.9 Å². The van der Waals surface area contributed by atoms with Gasteiger partial charge in [-0.1, -0.05) is 30.3 Å². The van der Waals surface area contributed by atoms with Gasteiger partial charge in [-0.2, -0.15) is 11.3 Å². The quantitative estimate of drug-likeness (QED) is 0.792. The van der Waals surface area contributed by atoms with Crippen LogP contribution in [0.5, 0.6) is 0 Å². The molecule has 3 rings (SSSR count). The summed E-state index contributed by atoms with van der Waals surface area (Å²) in [7, 11) is 0. The molecule has 1 atom stereocenters. The highest BCUT2D eigenvalue weighted by Crippen LogP contribution is 2.29. The normalized spacial score (nSPS) is 16.3. The number of rotatable bonds is 8. The van der Waals surface area contributed by atoms with Crippen LogP contribution in [0.4, 0.5) is 0 Å². The van der Waals surface area contributed by atoms with Crippen molar-refractivity contribution in [3.05, 3.63) is 58.3 Å². The lowest BCUT2D eigenvalue weighted by atomic mass is 10.0. The first kappa shape index (κ1) is 14.8. The van der Waals surface area contributed by atoms with Gasteiger partial charge in [-0.05, 0) is 60.2 Å². The SMILES string of the molecule is NC(CCCN(Cc1ccsc1)C1CC1)c1ccccc1. The van der Waals surface area contributed by atoms with Crippen molar-refractivity contribution >= 4 is 11.3 Å². The van der Waals surface area contributed by atoms with E-state index < -0.39 is 0 Å². The van der Waals surface area contributed by atoms with E-state index in [1.54, 1.807) is 11.3 Å². The van der Waals surface area contributed by atoms with Crippen molar-refractivity contribution < 1.29 is 0 Å². The summed E-state index contributed by atoms with van der Waals surface area (Å²) in [6.45, 7) is 2.27. The van der Waals surface area contributed by atoms with E-state index in [0.717, 1.165) is 19.0 Å². The highest BCUT2D eigenvalue weighted by atomic mass is 32.1. The molecule has 1 heterocycles. The van der Waals surface area contributed by atoms with Gasteiger partial charge in [0.25, 0.3) is 0 Å². The van der Waals surface area contributed by atoms with Crippen molar-refractivity contribution in [3.8, 4) is 0 Å². The topological polar surface area (TPSA) is 29.3 Å². The van der Waals surface area contributed by atoms with Gasteiger partial charge in [0.2, 0.25) is 0 Å². The van der Waals surface area contributed by atoms with E-state index in [2.05, 4.69) is 46.0 Å². The highest BCUT2D eigenvalue weighted by molar-refractivity contribution is 7.07. The molecule has 0 bridgehead atoms. The summed E-state index contributed by atoms with van der Waals surface area (Å²) in [5, 5.41) is 4.44. The zero-order chi connectivity index (χ0) is 14.5. The molecule has 1 aromatic heterocycles. The number of thiophene rings is 1. The Kier molecular flexibility index (Phi) is 5.07. The van der Waals surface area contributed by atoms with Gasteiger partial charge < -0.3 is 5.73 Å². The summed E-state index contributed by atoms with van der Waals surface area (Å²) in [4.78, 5) is 2.64. The first-order valence-electron chi connectivity index (χ1n) is 7.88. The molecule has 0 spiro atoms. The fourth-order valence-corrected chi connectivity index (χ4v) is 3.49. The van der Waals surface area contributed by atoms with E-state index in [9.17, 15) is 0 Å². The first-order valence-corrected chi connectivity index (χ1v) is 8.83. The van der Waals surface area contributed by atoms with Gasteiger partial charge in [0.15, 0.2) is 0 Å². The lowest BCUT2D eigenvalue weighted by Crippen LogP contribution is -2.27. The Bertz CT molecular complexity index is 519. The summed E-state index contributed by atoms with van der Waals surface area (Å²) < 4.78 is 0. The molecule has 1 saturated carbocycles. The Morgan fingerprint density at radius 1 is 1.19 bits per heavy atom. The molecule has 21 heavy (non-hydrogen) atoms. The number of benzene rings is 1. The van der Waals surface area contributed by atoms with Crippen molar-refractivity contribution in [1.29, 1.82) is 0 Å². The van der Waals surface area contributed by atoms with Gasteiger partial charge in [0.05, 0.1) is 0 Å². The van der Waals surface area contributed by atoms with Crippen LogP contribution < -0.4 is 5.73 Å². The van der Waals surface area contributed by atoms with Crippen molar-refractivity contribution in [3.63, 3.8) is 0 Å². The van der Waals surface area contributed by atoms with Crippen molar-refractivity contribution in [2.24, 2.45) is 5.73 Å². The molecule has 2 N–H and O–H groups in total. The summed E-state index contributed by atoms with van der Waals surface area (Å²) in [5.74, 6) is 0. The second kappa shape index (κ2) is 7.21. The summed E-state index contributed by atoms with van der Waals surface area (Å²) in [6, 6.07) is 13.7. The van der Waals surface area contributed by atoms with Crippen LogP contribution in [0, 0.1) is 0 Å². The van der Waals surface area contributed by atoms with E-state index in [1.165, 1.54) is 36.9 Å². The molecule has 1 aliphatic carbocycles. The lowest BCUT2D eigenvalue weighted by Gasteiger charge is -2.22. The molecular weight excluding hydrogens is 276 g/mol. The van der Waals surface area contributed by atoms with E-state index in [4.69, 9.17) is 5.73 Å². The Morgan fingerprint density at radius 2 is 2.00 bits per heavy atom. The van der Waals surface area contributed by atoms with Crippen LogP contribution >= 0.6 is 11.3 Å². The average Bonchev–Trinajstić information content (AvgIpc) is 3.24. The maximum atomic E-state index is 6.29. The van der Waals surface area contributed by atoms with Crippen LogP contribution in [-0.4, -0.2) is 17.5 Å². The first-order chi connectivity index (χ1) is 10.3. The van der Waals surface area contributed by atoms with Crippen molar-refractivity contribution in [2.45, 2.75) is 44.3 Å². The monoisotopic (exact) mass is 300 g/mol. The highest BCUT2D eigenvalue weighted by Gasteiger charge is 2.28. The van der Waals surface area contributed by atoms with Crippen LogP contribution in [-0.2, 0) is 6.54 Å². The maximum absolute atomic E-state index is 6.29. The van der Waals surface area contributed by atoms with E-state index in [1.807, 2.05) is 6.07 Å². The summed E-state index contributed by atoms with van der Waals surface area (Å²) in [5.41, 5.74) is 9.01. The van der Waals surface area contributed by atoms with Crippen LogP contribution in [0.3, 0.4) is 0 Å². The standard InChI is InChI=1S/C18H24N2S/c19-18(16-5-2-1-3-6-16)7-4-11-20(17-8-9-17)13-15-10-12-21-14-15/h1-3,5-6,10,12,14,17-18H,4,7-9,11,13,19H2. The van der Waals surface area contributed by atoms with Gasteiger partial charge in [-0.25, -0.2) is 0 Å². The minimum Gasteiger partial charge on any atom is -0.324 e. The Labute approximate surface area is 131 Å². The molecular formula is C18H24N2S. The third-order valence-electron chi connectivity index (χ3n) is 4.22. The minimum atomic E-state index is 0.174. The van der Waals surface area contributed by atoms with Gasteiger partial charge in [-0.15, -0.1) is 0 Å². The molecule has 1 aliphatic rings. The Balaban J connectivity index is 1.46. The predicted octanol–water partition coefficient (Wildman–Crippen LogP) is 4.19. The second-order valence-corrected chi connectivity index (χ2v) is 6.77. The van der Waals surface area contributed by atoms with E-state index in [0.29, 0.717) is 0 Å². The fraction of sp³-hybridized carbons (Fsp3) is 0.444. The van der Waals surface area contributed by atoms with Crippen LogP contribution in [0.2, 0.25) is 0 Å². The van der Waals surface area contributed by atoms with Gasteiger partial charge in [0.1, 0.15) is 0 Å². The summed E-state index contributed by atoms with van der Waals surface area (Å²) in [6.07, 6.45) is 4.98. The molecule has 1 aromatic carbocycles. The molecule has 0 radical (unpaired) electrons. The molecule has 3 heteroatoms. The largest absolute Gasteiger partial charge is 0.324 e. The fourth-order valence-electron chi connectivity index (χ4n) is 2.83. The minimum absolute atomic E-state index is 0.174. The van der Waals surface area contributed by atoms with Crippen LogP contribution in [0.15, 0.2) is 47.2 Å². The molecule has 2 nitrogen and oxygen atoms in total. The zero-order valence-corrected chi connectivity index (χ0v) is 13.3. The van der Waals surface area contributed by atoms with Crippen molar-refractivity contribution in [2.75, 3.05) is 6.54 Å². The van der Waals surface area contributed by atoms with Gasteiger partial charge in [0, 0.05) is 18.6 Å². The lowest BCUT2D eigenvalue weighted by molar-refractivity contribution is 0.247. The second-order valence-electron chi connectivity index (χ2n) is 5.99. The number of nitrogens with two attached hydrogens (primary N) is 1. The maximum Gasteiger partial charge on any atom is 0.0295 e. The molecule has 1 unspecified atom stereocenters. The van der Waals surface area contributed by atoms with Gasteiger partial charge in [-0.3, -0.25) is 4.90 Å².